The zero-order chi connectivity index (χ0) is 28.1. The minimum Gasteiger partial charge on any atom is -0.439 e. The average Bonchev–Trinajstić information content (AvgIpc) is 3.31. The third-order valence-corrected chi connectivity index (χ3v) is 8.06. The number of hydrogen-bond acceptors (Lipinski definition) is 4. The fourth-order valence-electron chi connectivity index (χ4n) is 5.45. The third-order valence-electron chi connectivity index (χ3n) is 7.60. The molecule has 0 aliphatic heterocycles. The maximum Gasteiger partial charge on any atom is 0.219 e. The van der Waals surface area contributed by atoms with Gasteiger partial charge in [-0.2, -0.15) is 0 Å². The molecular weight excluding hydrogens is 522 g/mol. The van der Waals surface area contributed by atoms with Crippen LogP contribution in [0.5, 0.6) is 11.6 Å². The second-order valence-electron chi connectivity index (χ2n) is 11.3. The maximum absolute atomic E-state index is 6.38. The van der Waals surface area contributed by atoms with E-state index in [4.69, 9.17) is 27.3 Å². The molecule has 7 aromatic rings. The maximum atomic E-state index is 6.38. The Hall–Kier alpha value is -4.61. The number of rotatable bonds is 4. The highest BCUT2D eigenvalue weighted by Gasteiger charge is 2.18. The quantitative estimate of drug-likeness (QED) is 0.221. The molecule has 0 aliphatic carbocycles. The van der Waals surface area contributed by atoms with Crippen LogP contribution in [-0.2, 0) is 5.41 Å². The van der Waals surface area contributed by atoms with Crippen LogP contribution in [0.1, 0.15) is 26.3 Å². The van der Waals surface area contributed by atoms with Gasteiger partial charge in [-0.15, -0.1) is 12.6 Å². The van der Waals surface area contributed by atoms with Gasteiger partial charge in [0.25, 0.3) is 0 Å². The van der Waals surface area contributed by atoms with Crippen molar-refractivity contribution in [3.63, 3.8) is 0 Å². The van der Waals surface area contributed by atoms with E-state index < -0.39 is 0 Å². The molecule has 0 fully saturated rings. The van der Waals surface area contributed by atoms with Crippen LogP contribution < -0.4 is 4.74 Å². The van der Waals surface area contributed by atoms with Gasteiger partial charge in [0.1, 0.15) is 11.6 Å². The fraction of sp³-hybridized carbons (Fsp3) is 0.111. The third kappa shape index (κ3) is 4.52. The topological polar surface area (TPSA) is 39.9 Å². The largest absolute Gasteiger partial charge is 0.439 e. The first-order chi connectivity index (χ1) is 19.9. The van der Waals surface area contributed by atoms with Crippen LogP contribution >= 0.6 is 12.6 Å². The lowest BCUT2D eigenvalue weighted by Gasteiger charge is -2.20. The summed E-state index contributed by atoms with van der Waals surface area (Å²) in [6.45, 7) is 6.67. The minimum atomic E-state index is 0.0126. The molecule has 0 unspecified atom stereocenters. The first-order valence-corrected chi connectivity index (χ1v) is 14.2. The Morgan fingerprint density at radius 2 is 1.49 bits per heavy atom. The van der Waals surface area contributed by atoms with Crippen LogP contribution in [-0.4, -0.2) is 14.5 Å². The van der Waals surface area contributed by atoms with Gasteiger partial charge in [-0.25, -0.2) is 9.97 Å². The van der Waals surface area contributed by atoms with Gasteiger partial charge < -0.3 is 4.74 Å². The lowest BCUT2D eigenvalue weighted by Crippen LogP contribution is -2.12. The molecule has 0 saturated carbocycles. The monoisotopic (exact) mass is 551 g/mol. The van der Waals surface area contributed by atoms with Gasteiger partial charge >= 0.3 is 0 Å². The molecule has 4 aromatic carbocycles. The average molecular weight is 552 g/mol. The number of aromatic nitrogens is 3. The highest BCUT2D eigenvalue weighted by atomic mass is 32.1. The standard InChI is InChI=1S/C36H29N3OS/c1-36(2,3)25-19-20-37-32(21-25)39-30-12-8-7-11-28(30)29-17-15-26(22-31(29)39)40-33-18-14-24-13-16-27(35(41)34(24)38-33)23-9-5-4-6-10-23/h4-22,41H,1-3H3. The number of fused-ring (bicyclic) bond motifs is 4. The van der Waals surface area contributed by atoms with Crippen molar-refractivity contribution in [2.24, 2.45) is 0 Å². The summed E-state index contributed by atoms with van der Waals surface area (Å²) >= 11 is 4.88. The predicted molar refractivity (Wildman–Crippen MR) is 172 cm³/mol. The number of thiol groups is 1. The summed E-state index contributed by atoms with van der Waals surface area (Å²) in [6, 6.07) is 37.3. The van der Waals surface area contributed by atoms with E-state index in [1.54, 1.807) is 0 Å². The molecule has 3 aromatic heterocycles. The van der Waals surface area contributed by atoms with Gasteiger partial charge in [0.15, 0.2) is 0 Å². The van der Waals surface area contributed by atoms with Crippen molar-refractivity contribution in [3.8, 4) is 28.6 Å². The Kier molecular flexibility index (Phi) is 6.06. The van der Waals surface area contributed by atoms with Crippen molar-refractivity contribution in [1.29, 1.82) is 0 Å². The smallest absolute Gasteiger partial charge is 0.219 e. The van der Waals surface area contributed by atoms with Crippen LogP contribution in [0.25, 0.3) is 49.7 Å². The van der Waals surface area contributed by atoms with Crippen molar-refractivity contribution in [2.45, 2.75) is 31.1 Å². The van der Waals surface area contributed by atoms with Crippen LogP contribution in [0.4, 0.5) is 0 Å². The SMILES string of the molecule is CC(C)(C)c1ccnc(-n2c3ccccc3c3ccc(Oc4ccc5ccc(-c6ccccc6)c(S)c5n4)cc32)c1. The Balaban J connectivity index is 1.34. The normalized spacial score (nSPS) is 11.9. The van der Waals surface area contributed by atoms with Crippen molar-refractivity contribution >= 4 is 45.3 Å². The number of nitrogens with zero attached hydrogens (tertiary/aromatic N) is 3. The molecule has 200 valence electrons. The molecule has 0 amide bonds. The summed E-state index contributed by atoms with van der Waals surface area (Å²) in [5, 5.41) is 3.34. The summed E-state index contributed by atoms with van der Waals surface area (Å²) in [5.41, 5.74) is 6.35. The molecular formula is C36H29N3OS. The minimum absolute atomic E-state index is 0.0126. The summed E-state index contributed by atoms with van der Waals surface area (Å²) in [7, 11) is 0. The first kappa shape index (κ1) is 25.4. The van der Waals surface area contributed by atoms with E-state index in [1.165, 1.54) is 10.9 Å². The highest BCUT2D eigenvalue weighted by molar-refractivity contribution is 7.80. The van der Waals surface area contributed by atoms with E-state index in [1.807, 2.05) is 42.6 Å². The zero-order valence-corrected chi connectivity index (χ0v) is 24.1. The molecule has 0 N–H and O–H groups in total. The molecule has 0 spiro atoms. The second-order valence-corrected chi connectivity index (χ2v) is 11.8. The number of hydrogen-bond donors (Lipinski definition) is 1. The van der Waals surface area contributed by atoms with E-state index in [-0.39, 0.29) is 5.41 Å². The van der Waals surface area contributed by atoms with Gasteiger partial charge in [-0.1, -0.05) is 81.4 Å². The van der Waals surface area contributed by atoms with Gasteiger partial charge in [-0.05, 0) is 58.5 Å². The number of ether oxygens (including phenoxy) is 1. The predicted octanol–water partition coefficient (Wildman–Crippen LogP) is 9.77. The molecule has 5 heteroatoms. The van der Waals surface area contributed by atoms with E-state index in [9.17, 15) is 0 Å². The highest BCUT2D eigenvalue weighted by Crippen LogP contribution is 2.37. The molecule has 3 heterocycles. The molecule has 0 aliphatic rings. The van der Waals surface area contributed by atoms with Gasteiger partial charge in [-0.3, -0.25) is 4.57 Å². The fourth-order valence-corrected chi connectivity index (χ4v) is 5.83. The molecule has 0 atom stereocenters. The van der Waals surface area contributed by atoms with Crippen LogP contribution in [0.3, 0.4) is 0 Å². The molecule has 0 radical (unpaired) electrons. The zero-order valence-electron chi connectivity index (χ0n) is 23.2. The molecule has 4 nitrogen and oxygen atoms in total. The second kappa shape index (κ2) is 9.79. The van der Waals surface area contributed by atoms with E-state index in [0.29, 0.717) is 11.6 Å². The molecule has 0 bridgehead atoms. The van der Waals surface area contributed by atoms with Crippen molar-refractivity contribution in [2.75, 3.05) is 0 Å². The number of pyridine rings is 2. The van der Waals surface area contributed by atoms with Crippen molar-refractivity contribution < 1.29 is 4.74 Å². The van der Waals surface area contributed by atoms with Crippen LogP contribution in [0.2, 0.25) is 0 Å². The Labute approximate surface area is 244 Å². The summed E-state index contributed by atoms with van der Waals surface area (Å²) in [5.74, 6) is 2.12. The number of benzene rings is 4. The summed E-state index contributed by atoms with van der Waals surface area (Å²) < 4.78 is 8.60. The van der Waals surface area contributed by atoms with Crippen molar-refractivity contribution in [3.05, 3.63) is 121 Å². The van der Waals surface area contributed by atoms with Gasteiger partial charge in [0.05, 0.1) is 16.6 Å². The summed E-state index contributed by atoms with van der Waals surface area (Å²) in [4.78, 5) is 10.5. The molecule has 7 rings (SSSR count). The lowest BCUT2D eigenvalue weighted by molar-refractivity contribution is 0.465. The van der Waals surface area contributed by atoms with Crippen LogP contribution in [0.15, 0.2) is 120 Å². The lowest BCUT2D eigenvalue weighted by atomic mass is 9.88. The van der Waals surface area contributed by atoms with Gasteiger partial charge in [0, 0.05) is 39.4 Å². The molecule has 41 heavy (non-hydrogen) atoms. The first-order valence-electron chi connectivity index (χ1n) is 13.7. The summed E-state index contributed by atoms with van der Waals surface area (Å²) in [6.07, 6.45) is 1.90. The molecule has 0 saturated heterocycles. The number of para-hydroxylation sites is 1. The Morgan fingerprint density at radius 1 is 0.732 bits per heavy atom. The van der Waals surface area contributed by atoms with E-state index in [2.05, 4.69) is 98.1 Å². The van der Waals surface area contributed by atoms with Crippen LogP contribution in [0, 0.1) is 0 Å². The van der Waals surface area contributed by atoms with Crippen molar-refractivity contribution in [1.82, 2.24) is 14.5 Å². The Bertz CT molecular complexity index is 2070. The van der Waals surface area contributed by atoms with E-state index in [0.717, 1.165) is 49.2 Å². The Morgan fingerprint density at radius 3 is 2.32 bits per heavy atom. The van der Waals surface area contributed by atoms with E-state index >= 15 is 0 Å². The van der Waals surface area contributed by atoms with Gasteiger partial charge in [0.2, 0.25) is 5.88 Å².